The predicted octanol–water partition coefficient (Wildman–Crippen LogP) is 1.25. The second kappa shape index (κ2) is 25.5. The quantitative estimate of drug-likeness (QED) is 0.0997. The molecule has 382 valence electrons. The molecule has 0 spiro atoms. The summed E-state index contributed by atoms with van der Waals surface area (Å²) in [7, 11) is 1.38. The molecule has 20 nitrogen and oxygen atoms in total. The molecule has 8 N–H and O–H groups in total. The second-order valence-corrected chi connectivity index (χ2v) is 18.3. The van der Waals surface area contributed by atoms with E-state index in [0.717, 1.165) is 4.90 Å². The summed E-state index contributed by atoms with van der Waals surface area (Å²) < 4.78 is 5.88. The Hall–Kier alpha value is -7.35. The van der Waals surface area contributed by atoms with Crippen LogP contribution in [0.2, 0.25) is 0 Å². The van der Waals surface area contributed by atoms with Gasteiger partial charge in [-0.1, -0.05) is 93.6 Å². The molecule has 2 bridgehead atoms. The number of esters is 1. The molecule has 9 atom stereocenters. The van der Waals surface area contributed by atoms with E-state index in [0.29, 0.717) is 23.1 Å². The Kier molecular flexibility index (Phi) is 19.6. The number of phenols is 1. The van der Waals surface area contributed by atoms with Crippen LogP contribution in [0.3, 0.4) is 0 Å². The monoisotopic (exact) mass is 983 g/mol. The van der Waals surface area contributed by atoms with Crippen LogP contribution in [0.1, 0.15) is 82.9 Å². The number of hydrogen-bond donors (Lipinski definition) is 8. The number of rotatable bonds is 15. The molecule has 2 heterocycles. The van der Waals surface area contributed by atoms with E-state index in [9.17, 15) is 53.7 Å². The highest BCUT2D eigenvalue weighted by molar-refractivity contribution is 5.98. The average Bonchev–Trinajstić information content (AvgIpc) is 3.33. The summed E-state index contributed by atoms with van der Waals surface area (Å²) in [6.07, 6.45) is -4.25. The third-order valence-corrected chi connectivity index (χ3v) is 12.5. The Balaban J connectivity index is 1.64. The Morgan fingerprint density at radius 1 is 0.746 bits per heavy atom. The number of likely N-dealkylation sites (N-methyl/N-ethyl adjacent to an activating group) is 1. The van der Waals surface area contributed by atoms with Crippen molar-refractivity contribution in [1.82, 2.24) is 36.4 Å². The van der Waals surface area contributed by atoms with Gasteiger partial charge in [-0.15, -0.1) is 0 Å². The number of nitrogens with one attached hydrogen (secondary N) is 5. The van der Waals surface area contributed by atoms with E-state index < -0.39 is 120 Å². The Morgan fingerprint density at radius 3 is 1.92 bits per heavy atom. The number of fused-ring (bicyclic) bond motifs is 2. The lowest BCUT2D eigenvalue weighted by Crippen LogP contribution is -2.65. The van der Waals surface area contributed by atoms with Gasteiger partial charge in [0.2, 0.25) is 41.4 Å². The summed E-state index contributed by atoms with van der Waals surface area (Å²) in [5.74, 6) is -9.01. The summed E-state index contributed by atoms with van der Waals surface area (Å²) in [5, 5.41) is 44.1. The van der Waals surface area contributed by atoms with Crippen molar-refractivity contribution in [3.8, 4) is 5.75 Å². The topological polar surface area (TPSA) is 290 Å². The minimum atomic E-state index is -1.84. The van der Waals surface area contributed by atoms with Gasteiger partial charge in [-0.3, -0.25) is 38.4 Å². The van der Waals surface area contributed by atoms with Crippen LogP contribution in [0.15, 0.2) is 84.9 Å². The van der Waals surface area contributed by atoms with E-state index in [-0.39, 0.29) is 50.7 Å². The minimum Gasteiger partial charge on any atom is -0.508 e. The molecule has 5 rings (SSSR count). The molecule has 2 saturated heterocycles. The highest BCUT2D eigenvalue weighted by Crippen LogP contribution is 2.25. The van der Waals surface area contributed by atoms with E-state index in [2.05, 4.69) is 26.6 Å². The van der Waals surface area contributed by atoms with Gasteiger partial charge in [0.05, 0.1) is 0 Å². The molecule has 2 fully saturated rings. The lowest BCUT2D eigenvalue weighted by Gasteiger charge is -2.43. The molecule has 71 heavy (non-hydrogen) atoms. The van der Waals surface area contributed by atoms with Crippen LogP contribution in [-0.2, 0) is 67.2 Å². The van der Waals surface area contributed by atoms with E-state index >= 15 is 4.79 Å². The number of aliphatic hydroxyl groups excluding tert-OH is 1. The number of aliphatic hydroxyl groups is 1. The van der Waals surface area contributed by atoms with Crippen LogP contribution in [0.25, 0.3) is 0 Å². The van der Waals surface area contributed by atoms with Crippen LogP contribution in [0.5, 0.6) is 5.75 Å². The van der Waals surface area contributed by atoms with Gasteiger partial charge in [0.1, 0.15) is 60.4 Å². The van der Waals surface area contributed by atoms with Crippen molar-refractivity contribution < 1.29 is 63.2 Å². The number of piperidine rings is 1. The summed E-state index contributed by atoms with van der Waals surface area (Å²) in [6, 6.07) is 12.8. The van der Waals surface area contributed by atoms with Crippen molar-refractivity contribution in [2.75, 3.05) is 7.05 Å². The molecule has 2 aliphatic rings. The first-order chi connectivity index (χ1) is 33.8. The van der Waals surface area contributed by atoms with Crippen molar-refractivity contribution in [2.24, 2.45) is 5.92 Å². The number of carbonyl (C=O) groups excluding carboxylic acids is 8. The van der Waals surface area contributed by atoms with Crippen LogP contribution in [0.4, 0.5) is 0 Å². The van der Waals surface area contributed by atoms with Gasteiger partial charge in [0.25, 0.3) is 0 Å². The summed E-state index contributed by atoms with van der Waals surface area (Å²) in [5.41, 5.74) is 1.68. The van der Waals surface area contributed by atoms with Crippen molar-refractivity contribution >= 4 is 53.3 Å². The van der Waals surface area contributed by atoms with Gasteiger partial charge >= 0.3 is 11.9 Å². The average molecular weight is 984 g/mol. The molecule has 2 aliphatic heterocycles. The number of aromatic hydroxyl groups is 1. The van der Waals surface area contributed by atoms with Crippen molar-refractivity contribution in [2.45, 2.75) is 140 Å². The molecule has 0 saturated carbocycles. The zero-order valence-corrected chi connectivity index (χ0v) is 40.5. The number of carboxylic acids is 1. The lowest BCUT2D eigenvalue weighted by molar-refractivity contribution is -0.165. The maximum absolute atomic E-state index is 15.1. The third kappa shape index (κ3) is 15.1. The van der Waals surface area contributed by atoms with Crippen LogP contribution >= 0.6 is 0 Å². The predicted molar refractivity (Wildman–Crippen MR) is 256 cm³/mol. The van der Waals surface area contributed by atoms with E-state index in [1.54, 1.807) is 81.4 Å². The second-order valence-electron chi connectivity index (χ2n) is 18.3. The molecule has 0 aromatic heterocycles. The van der Waals surface area contributed by atoms with Crippen LogP contribution in [0, 0.1) is 5.92 Å². The number of hydrogen-bond acceptors (Lipinski definition) is 12. The van der Waals surface area contributed by atoms with E-state index in [1.165, 1.54) is 43.1 Å². The first kappa shape index (κ1) is 54.6. The van der Waals surface area contributed by atoms with Crippen LogP contribution < -0.4 is 26.6 Å². The van der Waals surface area contributed by atoms with Gasteiger partial charge in [0.15, 0.2) is 0 Å². The number of nitrogens with zero attached hydrogens (tertiary/aromatic N) is 2. The third-order valence-electron chi connectivity index (χ3n) is 12.5. The maximum Gasteiger partial charge on any atom is 0.329 e. The van der Waals surface area contributed by atoms with Crippen molar-refractivity contribution in [3.63, 3.8) is 0 Å². The van der Waals surface area contributed by atoms with Crippen molar-refractivity contribution in [3.05, 3.63) is 102 Å². The number of carbonyl (C=O) groups is 9. The van der Waals surface area contributed by atoms with Gasteiger partial charge in [-0.25, -0.2) is 4.79 Å². The fraction of sp³-hybridized carbons (Fsp3) is 0.471. The Bertz CT molecular complexity index is 2370. The van der Waals surface area contributed by atoms with Gasteiger partial charge < -0.3 is 56.4 Å². The molecule has 7 amide bonds. The highest BCUT2D eigenvalue weighted by atomic mass is 16.5. The van der Waals surface area contributed by atoms with Crippen molar-refractivity contribution in [1.29, 1.82) is 0 Å². The number of phenolic OH excluding ortho intramolecular Hbond substituents is 1. The standard InChI is InChI=1S/C51H65N7O13/c1-6-13-40(60)52-35(23-25-42(62)63)45(64)56-44-30(4)71-51(70)43(29(2)3)55-47(66)38(27-31-14-9-7-10-15-31)57(5)50(69)39(28-32-16-11-8-12-17-32)58-41(61)24-22-36(49(58)68)53-46(65)37(54-48(44)67)26-33-18-20-34(59)21-19-33/h7-12,14-21,29-30,35-39,41,43-44,59,61H,6,13,22-28H2,1-5H3,(H,52,60)(H,53,65)(H,54,67)(H,55,66)(H,56,64)(H,62,63). The number of aliphatic carboxylic acids is 1. The minimum absolute atomic E-state index is 0.00476. The lowest BCUT2D eigenvalue weighted by atomic mass is 9.95. The molecule has 3 aromatic rings. The number of cyclic esters (lactones) is 1. The number of ether oxygens (including phenoxy) is 1. The first-order valence-corrected chi connectivity index (χ1v) is 23.8. The highest BCUT2D eigenvalue weighted by Gasteiger charge is 2.46. The zero-order chi connectivity index (χ0) is 51.9. The maximum atomic E-state index is 15.1. The Morgan fingerprint density at radius 2 is 1.34 bits per heavy atom. The number of benzene rings is 3. The fourth-order valence-corrected chi connectivity index (χ4v) is 8.54. The molecular formula is C51H65N7O13. The molecule has 0 aliphatic carbocycles. The van der Waals surface area contributed by atoms with E-state index in [1.807, 2.05) is 0 Å². The number of carboxylic acid groups (broad SMARTS) is 1. The van der Waals surface area contributed by atoms with Gasteiger partial charge in [-0.05, 0) is 67.3 Å². The van der Waals surface area contributed by atoms with Crippen LogP contribution in [-0.4, -0.2) is 140 Å². The SMILES string of the molecule is CCCC(=O)NC(CCC(=O)O)C(=O)NC1C(=O)NC(Cc2ccc(O)cc2)C(=O)NC2CCC(O)N(C2=O)C(Cc2ccccc2)C(=O)N(C)C(Cc2ccccc2)C(=O)NC(C(C)C)C(=O)OC1C. The summed E-state index contributed by atoms with van der Waals surface area (Å²) in [4.78, 5) is 129. The summed E-state index contributed by atoms with van der Waals surface area (Å²) >= 11 is 0. The molecule has 9 unspecified atom stereocenters. The summed E-state index contributed by atoms with van der Waals surface area (Å²) in [6.45, 7) is 6.24. The first-order valence-electron chi connectivity index (χ1n) is 23.8. The normalized spacial score (nSPS) is 24.3. The molecular weight excluding hydrogens is 919 g/mol. The fourth-order valence-electron chi connectivity index (χ4n) is 8.54. The number of amides is 7. The smallest absolute Gasteiger partial charge is 0.329 e. The molecule has 20 heteroatoms. The molecule has 0 radical (unpaired) electrons. The zero-order valence-electron chi connectivity index (χ0n) is 40.5. The molecule has 3 aromatic carbocycles. The van der Waals surface area contributed by atoms with E-state index in [4.69, 9.17) is 4.74 Å². The largest absolute Gasteiger partial charge is 0.508 e. The van der Waals surface area contributed by atoms with Gasteiger partial charge in [0, 0.05) is 39.2 Å². The Labute approximate surface area is 412 Å². The van der Waals surface area contributed by atoms with Gasteiger partial charge in [-0.2, -0.15) is 0 Å².